The highest BCUT2D eigenvalue weighted by Crippen LogP contribution is 2.37. The van der Waals surface area contributed by atoms with Gasteiger partial charge in [0.15, 0.2) is 0 Å². The molecule has 1 aliphatic rings. The standard InChI is InChI=1S/C13H12N2O2S/c16-13(17)10-6-14-15(7-10)8-11-5-9-3-1-2-4-12(9)18-11/h1-4,6-7,11H,5,8H2,(H,16,17). The van der Waals surface area contributed by atoms with Crippen LogP contribution in [-0.4, -0.2) is 26.1 Å². The van der Waals surface area contributed by atoms with Crippen LogP contribution in [0, 0.1) is 0 Å². The molecule has 2 heterocycles. The average molecular weight is 260 g/mol. The van der Waals surface area contributed by atoms with Gasteiger partial charge in [0.1, 0.15) is 0 Å². The average Bonchev–Trinajstić information content (AvgIpc) is 2.94. The number of thioether (sulfide) groups is 1. The first-order valence-corrected chi connectivity index (χ1v) is 6.60. The van der Waals surface area contributed by atoms with Crippen molar-refractivity contribution in [1.82, 2.24) is 9.78 Å². The number of aromatic nitrogens is 2. The Hall–Kier alpha value is -1.75. The zero-order valence-electron chi connectivity index (χ0n) is 9.61. The van der Waals surface area contributed by atoms with Gasteiger partial charge in [-0.25, -0.2) is 4.79 Å². The van der Waals surface area contributed by atoms with Gasteiger partial charge in [-0.15, -0.1) is 11.8 Å². The number of hydrogen-bond donors (Lipinski definition) is 1. The summed E-state index contributed by atoms with van der Waals surface area (Å²) in [5, 5.41) is 13.4. The second-order valence-corrected chi connectivity index (χ2v) is 5.65. The van der Waals surface area contributed by atoms with Crippen molar-refractivity contribution < 1.29 is 9.90 Å². The van der Waals surface area contributed by atoms with Crippen molar-refractivity contribution in [2.24, 2.45) is 0 Å². The number of rotatable bonds is 3. The second kappa shape index (κ2) is 4.49. The van der Waals surface area contributed by atoms with Gasteiger partial charge < -0.3 is 5.11 Å². The highest BCUT2D eigenvalue weighted by molar-refractivity contribution is 8.00. The minimum atomic E-state index is -0.927. The topological polar surface area (TPSA) is 55.1 Å². The van der Waals surface area contributed by atoms with Crippen LogP contribution in [0.15, 0.2) is 41.6 Å². The molecule has 1 aromatic carbocycles. The van der Waals surface area contributed by atoms with E-state index in [4.69, 9.17) is 5.11 Å². The first-order valence-electron chi connectivity index (χ1n) is 5.72. The molecule has 1 N–H and O–H groups in total. The first-order chi connectivity index (χ1) is 8.72. The van der Waals surface area contributed by atoms with Gasteiger partial charge in [-0.3, -0.25) is 4.68 Å². The molecule has 2 aromatic rings. The van der Waals surface area contributed by atoms with Gasteiger partial charge in [0.25, 0.3) is 0 Å². The number of benzene rings is 1. The van der Waals surface area contributed by atoms with Crippen LogP contribution in [-0.2, 0) is 13.0 Å². The summed E-state index contributed by atoms with van der Waals surface area (Å²) in [5.41, 5.74) is 1.62. The third kappa shape index (κ3) is 2.13. The van der Waals surface area contributed by atoms with Crippen molar-refractivity contribution in [3.8, 4) is 0 Å². The van der Waals surface area contributed by atoms with Gasteiger partial charge in [0.05, 0.1) is 18.3 Å². The molecule has 0 amide bonds. The molecule has 0 bridgehead atoms. The lowest BCUT2D eigenvalue weighted by Crippen LogP contribution is -2.12. The summed E-state index contributed by atoms with van der Waals surface area (Å²) < 4.78 is 1.72. The zero-order chi connectivity index (χ0) is 12.5. The molecule has 0 fully saturated rings. The molecule has 4 nitrogen and oxygen atoms in total. The third-order valence-corrected chi connectivity index (χ3v) is 4.29. The molecule has 18 heavy (non-hydrogen) atoms. The largest absolute Gasteiger partial charge is 0.478 e. The lowest BCUT2D eigenvalue weighted by atomic mass is 10.1. The molecule has 0 radical (unpaired) electrons. The number of nitrogens with zero attached hydrogens (tertiary/aromatic N) is 2. The lowest BCUT2D eigenvalue weighted by Gasteiger charge is -2.07. The molecule has 92 valence electrons. The van der Waals surface area contributed by atoms with E-state index < -0.39 is 5.97 Å². The van der Waals surface area contributed by atoms with E-state index in [1.165, 1.54) is 16.7 Å². The Morgan fingerprint density at radius 3 is 3.06 bits per heavy atom. The summed E-state index contributed by atoms with van der Waals surface area (Å²) in [5.74, 6) is -0.927. The normalized spacial score (nSPS) is 17.7. The van der Waals surface area contributed by atoms with E-state index in [2.05, 4.69) is 23.3 Å². The Balaban J connectivity index is 1.70. The Morgan fingerprint density at radius 1 is 1.50 bits per heavy atom. The van der Waals surface area contributed by atoms with Gasteiger partial charge in [0, 0.05) is 16.3 Å². The van der Waals surface area contributed by atoms with Crippen LogP contribution in [0.4, 0.5) is 0 Å². The van der Waals surface area contributed by atoms with E-state index in [1.807, 2.05) is 17.8 Å². The summed E-state index contributed by atoms with van der Waals surface area (Å²) in [4.78, 5) is 12.1. The number of carbonyl (C=O) groups is 1. The number of carboxylic acid groups (broad SMARTS) is 1. The SMILES string of the molecule is O=C(O)c1cnn(CC2Cc3ccccc3S2)c1. The summed E-state index contributed by atoms with van der Waals surface area (Å²) in [6, 6.07) is 8.38. The smallest absolute Gasteiger partial charge is 0.338 e. The van der Waals surface area contributed by atoms with Gasteiger partial charge >= 0.3 is 5.97 Å². The predicted molar refractivity (Wildman–Crippen MR) is 69.0 cm³/mol. The molecule has 0 saturated heterocycles. The summed E-state index contributed by atoms with van der Waals surface area (Å²) >= 11 is 1.84. The monoisotopic (exact) mass is 260 g/mol. The Labute approximate surface area is 109 Å². The molecular weight excluding hydrogens is 248 g/mol. The maximum atomic E-state index is 10.8. The molecule has 5 heteroatoms. The summed E-state index contributed by atoms with van der Waals surface area (Å²) in [6.45, 7) is 0.743. The zero-order valence-corrected chi connectivity index (χ0v) is 10.4. The van der Waals surface area contributed by atoms with Crippen molar-refractivity contribution >= 4 is 17.7 Å². The van der Waals surface area contributed by atoms with Crippen LogP contribution in [0.1, 0.15) is 15.9 Å². The number of carboxylic acids is 1. The lowest BCUT2D eigenvalue weighted by molar-refractivity contribution is 0.0697. The van der Waals surface area contributed by atoms with Crippen molar-refractivity contribution in [2.75, 3.05) is 0 Å². The van der Waals surface area contributed by atoms with Crippen molar-refractivity contribution in [1.29, 1.82) is 0 Å². The molecule has 1 aromatic heterocycles. The molecule has 0 spiro atoms. The molecular formula is C13H12N2O2S. The first kappa shape index (κ1) is 11.3. The number of aromatic carboxylic acids is 1. The maximum absolute atomic E-state index is 10.8. The van der Waals surface area contributed by atoms with Gasteiger partial charge in [-0.1, -0.05) is 18.2 Å². The van der Waals surface area contributed by atoms with Crippen LogP contribution in [0.5, 0.6) is 0 Å². The fourth-order valence-electron chi connectivity index (χ4n) is 2.14. The fraction of sp³-hybridized carbons (Fsp3) is 0.231. The van der Waals surface area contributed by atoms with Gasteiger partial charge in [-0.05, 0) is 18.1 Å². The second-order valence-electron chi connectivity index (χ2n) is 4.31. The highest BCUT2D eigenvalue weighted by Gasteiger charge is 2.22. The summed E-state index contributed by atoms with van der Waals surface area (Å²) in [6.07, 6.45) is 4.00. The molecule has 0 saturated carbocycles. The summed E-state index contributed by atoms with van der Waals surface area (Å²) in [7, 11) is 0. The quantitative estimate of drug-likeness (QED) is 0.920. The van der Waals surface area contributed by atoms with E-state index in [0.717, 1.165) is 13.0 Å². The van der Waals surface area contributed by atoms with E-state index >= 15 is 0 Å². The van der Waals surface area contributed by atoms with Crippen LogP contribution in [0.25, 0.3) is 0 Å². The molecule has 0 aliphatic carbocycles. The van der Waals surface area contributed by atoms with E-state index in [0.29, 0.717) is 5.25 Å². The van der Waals surface area contributed by atoms with E-state index in [1.54, 1.807) is 10.9 Å². The minimum absolute atomic E-state index is 0.246. The Bertz CT molecular complexity index is 569. The van der Waals surface area contributed by atoms with Crippen LogP contribution in [0.3, 0.4) is 0 Å². The van der Waals surface area contributed by atoms with Gasteiger partial charge in [0.2, 0.25) is 0 Å². The molecule has 1 unspecified atom stereocenters. The van der Waals surface area contributed by atoms with Crippen molar-refractivity contribution in [2.45, 2.75) is 23.1 Å². The fourth-order valence-corrected chi connectivity index (χ4v) is 3.45. The minimum Gasteiger partial charge on any atom is -0.478 e. The van der Waals surface area contributed by atoms with Gasteiger partial charge in [-0.2, -0.15) is 5.10 Å². The maximum Gasteiger partial charge on any atom is 0.338 e. The van der Waals surface area contributed by atoms with Crippen LogP contribution in [0.2, 0.25) is 0 Å². The predicted octanol–water partition coefficient (Wildman–Crippen LogP) is 2.30. The Kier molecular flexibility index (Phi) is 2.83. The Morgan fingerprint density at radius 2 is 2.33 bits per heavy atom. The molecule has 3 rings (SSSR count). The number of fused-ring (bicyclic) bond motifs is 1. The van der Waals surface area contributed by atoms with E-state index in [-0.39, 0.29) is 5.56 Å². The highest BCUT2D eigenvalue weighted by atomic mass is 32.2. The molecule has 1 aliphatic heterocycles. The van der Waals surface area contributed by atoms with Crippen LogP contribution < -0.4 is 0 Å². The van der Waals surface area contributed by atoms with Crippen molar-refractivity contribution in [3.63, 3.8) is 0 Å². The van der Waals surface area contributed by atoms with Crippen LogP contribution >= 0.6 is 11.8 Å². The van der Waals surface area contributed by atoms with E-state index in [9.17, 15) is 4.79 Å². The number of hydrogen-bond acceptors (Lipinski definition) is 3. The molecule has 1 atom stereocenters. The third-order valence-electron chi connectivity index (χ3n) is 2.98. The van der Waals surface area contributed by atoms with Crippen molar-refractivity contribution in [3.05, 3.63) is 47.8 Å².